The first-order valence-electron chi connectivity index (χ1n) is 5.61. The van der Waals surface area contributed by atoms with Gasteiger partial charge in [-0.3, -0.25) is 4.72 Å². The van der Waals surface area contributed by atoms with Crippen LogP contribution in [-0.2, 0) is 10.0 Å². The Morgan fingerprint density at radius 3 is 2.72 bits per heavy atom. The molecule has 102 valence electrons. The molecule has 0 bridgehead atoms. The minimum absolute atomic E-state index is 0.0910. The van der Waals surface area contributed by atoms with E-state index in [-0.39, 0.29) is 5.75 Å². The first-order valence-corrected chi connectivity index (χ1v) is 8.43. The quantitative estimate of drug-likeness (QED) is 0.739. The Hall–Kier alpha value is -0.300. The molecule has 0 amide bonds. The smallest absolute Gasteiger partial charge is 0.232 e. The third-order valence-electron chi connectivity index (χ3n) is 2.21. The molecule has 0 aliphatic carbocycles. The third kappa shape index (κ3) is 5.56. The number of hydrogen-bond donors (Lipinski definition) is 2. The lowest BCUT2D eigenvalue weighted by atomic mass is 10.3. The third-order valence-corrected chi connectivity index (χ3v) is 4.81. The van der Waals surface area contributed by atoms with Crippen LogP contribution in [-0.4, -0.2) is 27.3 Å². The zero-order chi connectivity index (χ0) is 13.6. The molecule has 0 heterocycles. The van der Waals surface area contributed by atoms with Crippen molar-refractivity contribution in [1.29, 1.82) is 0 Å². The van der Waals surface area contributed by atoms with Crippen LogP contribution in [0.5, 0.6) is 0 Å². The lowest BCUT2D eigenvalue weighted by Gasteiger charge is -2.09. The van der Waals surface area contributed by atoms with E-state index >= 15 is 0 Å². The van der Waals surface area contributed by atoms with Gasteiger partial charge in [-0.1, -0.05) is 18.5 Å². The van der Waals surface area contributed by atoms with Crippen molar-refractivity contribution in [2.75, 3.05) is 23.6 Å². The van der Waals surface area contributed by atoms with E-state index in [2.05, 4.69) is 26.0 Å². The monoisotopic (exact) mass is 354 g/mol. The van der Waals surface area contributed by atoms with Crippen LogP contribution in [0.25, 0.3) is 0 Å². The molecule has 0 aliphatic rings. The highest BCUT2D eigenvalue weighted by molar-refractivity contribution is 9.10. The molecule has 2 N–H and O–H groups in total. The highest BCUT2D eigenvalue weighted by atomic mass is 79.9. The second-order valence-electron chi connectivity index (χ2n) is 3.76. The molecular weight excluding hydrogens is 340 g/mol. The summed E-state index contributed by atoms with van der Waals surface area (Å²) < 4.78 is 26.8. The molecule has 1 aromatic rings. The molecular formula is C11H16BrClN2O2S. The molecule has 1 aromatic carbocycles. The van der Waals surface area contributed by atoms with Crippen LogP contribution in [0.4, 0.5) is 5.69 Å². The molecule has 0 radical (unpaired) electrons. The number of sulfonamides is 1. The van der Waals surface area contributed by atoms with Crippen LogP contribution >= 0.6 is 27.5 Å². The van der Waals surface area contributed by atoms with Gasteiger partial charge < -0.3 is 5.32 Å². The summed E-state index contributed by atoms with van der Waals surface area (Å²) in [6.07, 6.45) is 0.577. The number of nitrogens with one attached hydrogen (secondary N) is 2. The summed E-state index contributed by atoms with van der Waals surface area (Å²) in [5.41, 5.74) is 0.478. The first kappa shape index (κ1) is 15.8. The van der Waals surface area contributed by atoms with Gasteiger partial charge in [0.15, 0.2) is 0 Å². The molecule has 0 aromatic heterocycles. The standard InChI is InChI=1S/C11H16BrClN2O2S/c1-2-14-6-3-7-18(16,17)15-9-4-5-10(12)11(13)8-9/h4-5,8,14-15H,2-3,6-7H2,1H3. The van der Waals surface area contributed by atoms with Gasteiger partial charge in [0.05, 0.1) is 16.5 Å². The van der Waals surface area contributed by atoms with Gasteiger partial charge in [0, 0.05) is 4.47 Å². The van der Waals surface area contributed by atoms with E-state index in [9.17, 15) is 8.42 Å². The van der Waals surface area contributed by atoms with E-state index in [0.29, 0.717) is 23.7 Å². The van der Waals surface area contributed by atoms with Gasteiger partial charge in [0.25, 0.3) is 0 Å². The Bertz CT molecular complexity index is 494. The van der Waals surface area contributed by atoms with Crippen LogP contribution in [0.3, 0.4) is 0 Å². The van der Waals surface area contributed by atoms with Gasteiger partial charge in [-0.15, -0.1) is 0 Å². The van der Waals surface area contributed by atoms with Crippen LogP contribution in [0, 0.1) is 0 Å². The highest BCUT2D eigenvalue weighted by Crippen LogP contribution is 2.25. The van der Waals surface area contributed by atoms with Crippen molar-refractivity contribution in [3.8, 4) is 0 Å². The Labute approximate surface area is 121 Å². The van der Waals surface area contributed by atoms with Crippen molar-refractivity contribution in [2.45, 2.75) is 13.3 Å². The van der Waals surface area contributed by atoms with E-state index in [4.69, 9.17) is 11.6 Å². The molecule has 0 atom stereocenters. The molecule has 0 spiro atoms. The first-order chi connectivity index (χ1) is 8.44. The van der Waals surface area contributed by atoms with Crippen molar-refractivity contribution in [1.82, 2.24) is 5.32 Å². The average Bonchev–Trinajstić information content (AvgIpc) is 2.29. The maximum absolute atomic E-state index is 11.8. The molecule has 0 saturated heterocycles. The van der Waals surface area contributed by atoms with Crippen LogP contribution in [0.1, 0.15) is 13.3 Å². The maximum Gasteiger partial charge on any atom is 0.232 e. The van der Waals surface area contributed by atoms with Gasteiger partial charge in [0.2, 0.25) is 10.0 Å². The van der Waals surface area contributed by atoms with Crippen molar-refractivity contribution in [3.05, 3.63) is 27.7 Å². The second-order valence-corrected chi connectivity index (χ2v) is 6.86. The fourth-order valence-corrected chi connectivity index (χ4v) is 2.89. The largest absolute Gasteiger partial charge is 0.317 e. The summed E-state index contributed by atoms with van der Waals surface area (Å²) in [5, 5.41) is 3.56. The molecule has 0 unspecified atom stereocenters. The molecule has 0 saturated carbocycles. The predicted octanol–water partition coefficient (Wildman–Crippen LogP) is 2.84. The van der Waals surface area contributed by atoms with Gasteiger partial charge in [-0.2, -0.15) is 0 Å². The van der Waals surface area contributed by atoms with E-state index in [1.807, 2.05) is 6.92 Å². The number of hydrogen-bond acceptors (Lipinski definition) is 3. The molecule has 4 nitrogen and oxygen atoms in total. The van der Waals surface area contributed by atoms with Crippen LogP contribution < -0.4 is 10.0 Å². The minimum Gasteiger partial charge on any atom is -0.317 e. The fraction of sp³-hybridized carbons (Fsp3) is 0.455. The summed E-state index contributed by atoms with van der Waals surface area (Å²) in [4.78, 5) is 0. The van der Waals surface area contributed by atoms with E-state index < -0.39 is 10.0 Å². The summed E-state index contributed by atoms with van der Waals surface area (Å²) in [7, 11) is -3.31. The van der Waals surface area contributed by atoms with Gasteiger partial charge in [0.1, 0.15) is 0 Å². The number of rotatable bonds is 7. The Kier molecular flexibility index (Phi) is 6.42. The van der Waals surface area contributed by atoms with Crippen LogP contribution in [0.2, 0.25) is 5.02 Å². The number of anilines is 1. The normalized spacial score (nSPS) is 11.5. The number of halogens is 2. The summed E-state index contributed by atoms with van der Waals surface area (Å²) in [6.45, 7) is 3.52. The second kappa shape index (κ2) is 7.33. The Morgan fingerprint density at radius 1 is 1.39 bits per heavy atom. The van der Waals surface area contributed by atoms with Gasteiger partial charge in [-0.25, -0.2) is 8.42 Å². The summed E-state index contributed by atoms with van der Waals surface area (Å²) in [5.74, 6) is 0.0910. The lowest BCUT2D eigenvalue weighted by molar-refractivity contribution is 0.595. The number of benzene rings is 1. The van der Waals surface area contributed by atoms with Gasteiger partial charge in [-0.05, 0) is 53.6 Å². The lowest BCUT2D eigenvalue weighted by Crippen LogP contribution is -2.21. The predicted molar refractivity (Wildman–Crippen MR) is 79.7 cm³/mol. The fourth-order valence-electron chi connectivity index (χ4n) is 1.35. The van der Waals surface area contributed by atoms with Crippen molar-refractivity contribution >= 4 is 43.2 Å². The maximum atomic E-state index is 11.8. The molecule has 0 aliphatic heterocycles. The molecule has 18 heavy (non-hydrogen) atoms. The topological polar surface area (TPSA) is 58.2 Å². The van der Waals surface area contributed by atoms with Crippen LogP contribution in [0.15, 0.2) is 22.7 Å². The average molecular weight is 356 g/mol. The molecule has 1 rings (SSSR count). The van der Waals surface area contributed by atoms with E-state index in [1.165, 1.54) is 0 Å². The summed E-state index contributed by atoms with van der Waals surface area (Å²) >= 11 is 9.15. The zero-order valence-electron chi connectivity index (χ0n) is 10.0. The minimum atomic E-state index is -3.31. The highest BCUT2D eigenvalue weighted by Gasteiger charge is 2.10. The molecule has 7 heteroatoms. The van der Waals surface area contributed by atoms with Crippen molar-refractivity contribution in [2.24, 2.45) is 0 Å². The van der Waals surface area contributed by atoms with E-state index in [1.54, 1.807) is 18.2 Å². The Morgan fingerprint density at radius 2 is 2.11 bits per heavy atom. The summed E-state index contributed by atoms with van der Waals surface area (Å²) in [6, 6.07) is 4.95. The Balaban J connectivity index is 2.56. The molecule has 0 fully saturated rings. The van der Waals surface area contributed by atoms with E-state index in [0.717, 1.165) is 11.0 Å². The van der Waals surface area contributed by atoms with Crippen molar-refractivity contribution in [3.63, 3.8) is 0 Å². The zero-order valence-corrected chi connectivity index (χ0v) is 13.2. The SMILES string of the molecule is CCNCCCS(=O)(=O)Nc1ccc(Br)c(Cl)c1. The van der Waals surface area contributed by atoms with Crippen molar-refractivity contribution < 1.29 is 8.42 Å². The van der Waals surface area contributed by atoms with Gasteiger partial charge >= 0.3 is 0 Å².